The van der Waals surface area contributed by atoms with Crippen LogP contribution in [-0.2, 0) is 4.79 Å². The van der Waals surface area contributed by atoms with E-state index in [1.807, 2.05) is 30.3 Å². The van der Waals surface area contributed by atoms with Gasteiger partial charge in [0.1, 0.15) is 5.75 Å². The molecule has 0 bridgehead atoms. The summed E-state index contributed by atoms with van der Waals surface area (Å²) in [6.45, 7) is 1.96. The Morgan fingerprint density at radius 1 is 1.32 bits per heavy atom. The molecule has 1 aromatic carbocycles. The number of amides is 2. The lowest BCUT2D eigenvalue weighted by molar-refractivity contribution is -0.143. The number of benzene rings is 1. The van der Waals surface area contributed by atoms with Gasteiger partial charge in [-0.05, 0) is 31.4 Å². The molecule has 0 aliphatic carbocycles. The fourth-order valence-electron chi connectivity index (χ4n) is 2.45. The van der Waals surface area contributed by atoms with Gasteiger partial charge in [0.2, 0.25) is 0 Å². The lowest BCUT2D eigenvalue weighted by Crippen LogP contribution is -2.47. The summed E-state index contributed by atoms with van der Waals surface area (Å²) < 4.78 is 5.54. The molecule has 1 atom stereocenters. The van der Waals surface area contributed by atoms with Crippen LogP contribution in [-0.4, -0.2) is 48.2 Å². The summed E-state index contributed by atoms with van der Waals surface area (Å²) >= 11 is 0. The average Bonchev–Trinajstić information content (AvgIpc) is 2.55. The number of carboxylic acid groups (broad SMARTS) is 1. The zero-order chi connectivity index (χ0) is 15.8. The Morgan fingerprint density at radius 2 is 2.09 bits per heavy atom. The molecule has 1 aliphatic heterocycles. The number of carboxylic acids is 1. The molecule has 0 radical (unpaired) electrons. The summed E-state index contributed by atoms with van der Waals surface area (Å²) in [5.74, 6) is -0.455. The van der Waals surface area contributed by atoms with E-state index < -0.39 is 11.9 Å². The van der Waals surface area contributed by atoms with Crippen molar-refractivity contribution in [3.63, 3.8) is 0 Å². The van der Waals surface area contributed by atoms with Crippen LogP contribution in [0.5, 0.6) is 5.75 Å². The maximum atomic E-state index is 12.0. The van der Waals surface area contributed by atoms with Crippen LogP contribution >= 0.6 is 0 Å². The first kappa shape index (κ1) is 16.1. The van der Waals surface area contributed by atoms with Crippen molar-refractivity contribution in [2.45, 2.75) is 19.3 Å². The monoisotopic (exact) mass is 306 g/mol. The van der Waals surface area contributed by atoms with Crippen molar-refractivity contribution in [3.05, 3.63) is 30.3 Å². The third-order valence-electron chi connectivity index (χ3n) is 3.67. The van der Waals surface area contributed by atoms with Crippen LogP contribution in [0, 0.1) is 5.92 Å². The maximum Gasteiger partial charge on any atom is 0.317 e. The number of rotatable bonds is 6. The number of urea groups is 1. The van der Waals surface area contributed by atoms with Gasteiger partial charge in [-0.3, -0.25) is 4.79 Å². The minimum Gasteiger partial charge on any atom is -0.494 e. The first-order valence-corrected chi connectivity index (χ1v) is 7.60. The summed E-state index contributed by atoms with van der Waals surface area (Å²) in [6.07, 6.45) is 2.09. The van der Waals surface area contributed by atoms with Crippen LogP contribution in [0.15, 0.2) is 30.3 Å². The number of nitrogens with zero attached hydrogens (tertiary/aromatic N) is 1. The highest BCUT2D eigenvalue weighted by Gasteiger charge is 2.27. The lowest BCUT2D eigenvalue weighted by Gasteiger charge is -2.30. The van der Waals surface area contributed by atoms with E-state index >= 15 is 0 Å². The molecule has 6 nitrogen and oxygen atoms in total. The van der Waals surface area contributed by atoms with Gasteiger partial charge < -0.3 is 20.1 Å². The zero-order valence-electron chi connectivity index (χ0n) is 12.5. The largest absolute Gasteiger partial charge is 0.494 e. The van der Waals surface area contributed by atoms with Crippen molar-refractivity contribution < 1.29 is 19.4 Å². The van der Waals surface area contributed by atoms with Crippen LogP contribution in [0.1, 0.15) is 19.3 Å². The van der Waals surface area contributed by atoms with E-state index in [-0.39, 0.29) is 6.03 Å². The van der Waals surface area contributed by atoms with Crippen molar-refractivity contribution in [1.29, 1.82) is 0 Å². The molecule has 1 fully saturated rings. The molecule has 1 aromatic rings. The Bertz CT molecular complexity index is 492. The summed E-state index contributed by atoms with van der Waals surface area (Å²) in [5.41, 5.74) is 0. The molecule has 1 saturated heterocycles. The molecular weight excluding hydrogens is 284 g/mol. The number of aliphatic carboxylic acids is 1. The van der Waals surface area contributed by atoms with E-state index in [0.717, 1.165) is 12.2 Å². The molecule has 0 aromatic heterocycles. The Labute approximate surface area is 130 Å². The van der Waals surface area contributed by atoms with Crippen LogP contribution in [0.4, 0.5) is 4.79 Å². The van der Waals surface area contributed by atoms with E-state index in [2.05, 4.69) is 5.32 Å². The Balaban J connectivity index is 1.62. The standard InChI is InChI=1S/C16H22N2O4/c19-15(20)13-6-4-10-18(12-13)16(21)17-9-5-11-22-14-7-2-1-3-8-14/h1-3,7-8,13H,4-6,9-12H2,(H,17,21)(H,19,20). The summed E-state index contributed by atoms with van der Waals surface area (Å²) in [7, 11) is 0. The number of hydrogen-bond acceptors (Lipinski definition) is 3. The molecule has 1 unspecified atom stereocenters. The molecule has 0 spiro atoms. The Kier molecular flexibility index (Phi) is 6.06. The van der Waals surface area contributed by atoms with E-state index in [0.29, 0.717) is 39.1 Å². The summed E-state index contributed by atoms with van der Waals surface area (Å²) in [6, 6.07) is 9.33. The van der Waals surface area contributed by atoms with Gasteiger partial charge in [-0.1, -0.05) is 18.2 Å². The average molecular weight is 306 g/mol. The van der Waals surface area contributed by atoms with E-state index in [4.69, 9.17) is 9.84 Å². The minimum absolute atomic E-state index is 0.189. The minimum atomic E-state index is -0.825. The molecule has 1 aliphatic rings. The van der Waals surface area contributed by atoms with Crippen LogP contribution in [0.2, 0.25) is 0 Å². The molecule has 22 heavy (non-hydrogen) atoms. The fourth-order valence-corrected chi connectivity index (χ4v) is 2.45. The molecule has 120 valence electrons. The van der Waals surface area contributed by atoms with E-state index in [1.54, 1.807) is 4.90 Å². The van der Waals surface area contributed by atoms with E-state index in [1.165, 1.54) is 0 Å². The fraction of sp³-hybridized carbons (Fsp3) is 0.500. The van der Waals surface area contributed by atoms with Crippen LogP contribution in [0.3, 0.4) is 0 Å². The molecule has 2 N–H and O–H groups in total. The van der Waals surface area contributed by atoms with Crippen molar-refractivity contribution in [2.24, 2.45) is 5.92 Å². The number of nitrogens with one attached hydrogen (secondary N) is 1. The van der Waals surface area contributed by atoms with Gasteiger partial charge in [0.15, 0.2) is 0 Å². The molecule has 6 heteroatoms. The normalized spacial score (nSPS) is 17.8. The third kappa shape index (κ3) is 4.95. The molecule has 1 heterocycles. The highest BCUT2D eigenvalue weighted by Crippen LogP contribution is 2.16. The van der Waals surface area contributed by atoms with Gasteiger partial charge in [0.25, 0.3) is 0 Å². The number of para-hydroxylation sites is 1. The van der Waals surface area contributed by atoms with Gasteiger partial charge in [0.05, 0.1) is 12.5 Å². The van der Waals surface area contributed by atoms with Gasteiger partial charge in [-0.25, -0.2) is 4.79 Å². The predicted molar refractivity (Wildman–Crippen MR) is 81.9 cm³/mol. The van der Waals surface area contributed by atoms with Crippen LogP contribution < -0.4 is 10.1 Å². The molecule has 0 saturated carbocycles. The van der Waals surface area contributed by atoms with Gasteiger partial charge in [0, 0.05) is 19.6 Å². The SMILES string of the molecule is O=C(O)C1CCCN(C(=O)NCCCOc2ccccc2)C1. The van der Waals surface area contributed by atoms with Crippen molar-refractivity contribution >= 4 is 12.0 Å². The predicted octanol–water partition coefficient (Wildman–Crippen LogP) is 1.96. The molecular formula is C16H22N2O4. The number of piperidine rings is 1. The van der Waals surface area contributed by atoms with Gasteiger partial charge >= 0.3 is 12.0 Å². The van der Waals surface area contributed by atoms with Crippen LogP contribution in [0.25, 0.3) is 0 Å². The lowest BCUT2D eigenvalue weighted by atomic mass is 9.99. The second-order valence-corrected chi connectivity index (χ2v) is 5.37. The van der Waals surface area contributed by atoms with Crippen molar-refractivity contribution in [2.75, 3.05) is 26.2 Å². The second-order valence-electron chi connectivity index (χ2n) is 5.37. The second kappa shape index (κ2) is 8.26. The quantitative estimate of drug-likeness (QED) is 0.788. The van der Waals surface area contributed by atoms with Crippen molar-refractivity contribution in [3.8, 4) is 5.75 Å². The number of ether oxygens (including phenoxy) is 1. The highest BCUT2D eigenvalue weighted by atomic mass is 16.5. The first-order valence-electron chi connectivity index (χ1n) is 7.60. The highest BCUT2D eigenvalue weighted by molar-refractivity contribution is 5.76. The molecule has 2 amide bonds. The van der Waals surface area contributed by atoms with E-state index in [9.17, 15) is 9.59 Å². The Hall–Kier alpha value is -2.24. The first-order chi connectivity index (χ1) is 10.7. The van der Waals surface area contributed by atoms with Gasteiger partial charge in [-0.15, -0.1) is 0 Å². The summed E-state index contributed by atoms with van der Waals surface area (Å²) in [5, 5.41) is 11.8. The zero-order valence-corrected chi connectivity index (χ0v) is 12.5. The maximum absolute atomic E-state index is 12.0. The number of likely N-dealkylation sites (tertiary alicyclic amines) is 1. The number of carbonyl (C=O) groups excluding carboxylic acids is 1. The third-order valence-corrected chi connectivity index (χ3v) is 3.67. The topological polar surface area (TPSA) is 78.9 Å². The summed E-state index contributed by atoms with van der Waals surface area (Å²) in [4.78, 5) is 24.5. The molecule has 2 rings (SSSR count). The number of carbonyl (C=O) groups is 2. The number of hydrogen-bond donors (Lipinski definition) is 2. The Morgan fingerprint density at radius 3 is 2.82 bits per heavy atom. The smallest absolute Gasteiger partial charge is 0.317 e. The van der Waals surface area contributed by atoms with Gasteiger partial charge in [-0.2, -0.15) is 0 Å². The van der Waals surface area contributed by atoms with Crippen molar-refractivity contribution in [1.82, 2.24) is 10.2 Å².